The van der Waals surface area contributed by atoms with E-state index in [1.54, 1.807) is 31.2 Å². The lowest BCUT2D eigenvalue weighted by molar-refractivity contribution is 0.0949. The van der Waals surface area contributed by atoms with Crippen LogP contribution in [0.5, 0.6) is 5.75 Å². The molecule has 1 fully saturated rings. The van der Waals surface area contributed by atoms with Gasteiger partial charge in [-0.3, -0.25) is 4.52 Å². The van der Waals surface area contributed by atoms with E-state index in [2.05, 4.69) is 6.58 Å². The molecule has 1 aromatic rings. The second kappa shape index (κ2) is 4.32. The van der Waals surface area contributed by atoms with Gasteiger partial charge in [0.1, 0.15) is 11.5 Å². The molecule has 1 aliphatic rings. The molecule has 2 rings (SSSR count). The summed E-state index contributed by atoms with van der Waals surface area (Å²) in [5, 5.41) is 0. The normalized spacial score (nSPS) is 29.6. The van der Waals surface area contributed by atoms with Crippen molar-refractivity contribution in [3.8, 4) is 5.75 Å². The molecule has 1 saturated heterocycles. The third-order valence-electron chi connectivity index (χ3n) is 2.03. The zero-order valence-electron chi connectivity index (χ0n) is 8.96. The SMILES string of the molecule is C=C1CC(C)OP(=O)(Oc2ccccc2)O1. The van der Waals surface area contributed by atoms with E-state index in [1.165, 1.54) is 0 Å². The average molecular weight is 240 g/mol. The number of phosphoric acid groups is 1. The molecule has 5 heteroatoms. The van der Waals surface area contributed by atoms with Crippen LogP contribution in [0, 0.1) is 0 Å². The third-order valence-corrected chi connectivity index (χ3v) is 3.56. The maximum Gasteiger partial charge on any atom is 0.587 e. The molecule has 0 spiro atoms. The van der Waals surface area contributed by atoms with Gasteiger partial charge in [0.05, 0.1) is 6.10 Å². The van der Waals surface area contributed by atoms with E-state index in [-0.39, 0.29) is 6.10 Å². The number of hydrogen-bond donors (Lipinski definition) is 0. The lowest BCUT2D eigenvalue weighted by Gasteiger charge is -2.28. The Morgan fingerprint density at radius 3 is 2.75 bits per heavy atom. The van der Waals surface area contributed by atoms with Gasteiger partial charge in [0.25, 0.3) is 0 Å². The number of benzene rings is 1. The summed E-state index contributed by atoms with van der Waals surface area (Å²) < 4.78 is 27.6. The van der Waals surface area contributed by atoms with E-state index in [9.17, 15) is 4.57 Å². The van der Waals surface area contributed by atoms with Crippen LogP contribution in [0.2, 0.25) is 0 Å². The highest BCUT2D eigenvalue weighted by Gasteiger charge is 2.37. The molecule has 0 aromatic heterocycles. The van der Waals surface area contributed by atoms with E-state index in [4.69, 9.17) is 13.6 Å². The van der Waals surface area contributed by atoms with Crippen molar-refractivity contribution in [2.24, 2.45) is 0 Å². The summed E-state index contributed by atoms with van der Waals surface area (Å²) in [5.41, 5.74) is 0. The monoisotopic (exact) mass is 240 g/mol. The van der Waals surface area contributed by atoms with Crippen molar-refractivity contribution in [1.82, 2.24) is 0 Å². The topological polar surface area (TPSA) is 44.8 Å². The van der Waals surface area contributed by atoms with Gasteiger partial charge in [-0.1, -0.05) is 24.8 Å². The molecule has 0 N–H and O–H groups in total. The fourth-order valence-corrected chi connectivity index (χ4v) is 2.86. The first-order valence-corrected chi connectivity index (χ1v) is 6.44. The van der Waals surface area contributed by atoms with Gasteiger partial charge in [0, 0.05) is 6.42 Å². The van der Waals surface area contributed by atoms with Crippen LogP contribution >= 0.6 is 7.82 Å². The fraction of sp³-hybridized carbons (Fsp3) is 0.273. The van der Waals surface area contributed by atoms with E-state index in [0.29, 0.717) is 17.9 Å². The Morgan fingerprint density at radius 1 is 1.44 bits per heavy atom. The first-order chi connectivity index (χ1) is 7.57. The summed E-state index contributed by atoms with van der Waals surface area (Å²) in [6, 6.07) is 8.78. The highest BCUT2D eigenvalue weighted by Crippen LogP contribution is 2.55. The minimum Gasteiger partial charge on any atom is -0.400 e. The summed E-state index contributed by atoms with van der Waals surface area (Å²) in [6.07, 6.45) is 0.318. The van der Waals surface area contributed by atoms with Crippen molar-refractivity contribution in [3.05, 3.63) is 42.7 Å². The predicted molar refractivity (Wildman–Crippen MR) is 60.1 cm³/mol. The van der Waals surface area contributed by atoms with Gasteiger partial charge in [-0.25, -0.2) is 4.57 Å². The van der Waals surface area contributed by atoms with Crippen LogP contribution < -0.4 is 4.52 Å². The van der Waals surface area contributed by atoms with E-state index in [1.807, 2.05) is 6.07 Å². The van der Waals surface area contributed by atoms with Crippen molar-refractivity contribution in [3.63, 3.8) is 0 Å². The molecular formula is C11H13O4P. The minimum absolute atomic E-state index is 0.212. The molecule has 1 aromatic carbocycles. The van der Waals surface area contributed by atoms with Crippen molar-refractivity contribution in [2.45, 2.75) is 19.4 Å². The van der Waals surface area contributed by atoms with Crippen LogP contribution in [-0.4, -0.2) is 6.10 Å². The number of phosphoric ester groups is 1. The molecule has 86 valence electrons. The Balaban J connectivity index is 2.14. The van der Waals surface area contributed by atoms with E-state index < -0.39 is 7.82 Å². The number of para-hydroxylation sites is 1. The summed E-state index contributed by atoms with van der Waals surface area (Å²) in [5.74, 6) is 0.880. The smallest absolute Gasteiger partial charge is 0.400 e. The first-order valence-electron chi connectivity index (χ1n) is 4.98. The Kier molecular flexibility index (Phi) is 3.03. The highest BCUT2D eigenvalue weighted by atomic mass is 31.2. The quantitative estimate of drug-likeness (QED) is 0.742. The first kappa shape index (κ1) is 11.2. The van der Waals surface area contributed by atoms with Gasteiger partial charge < -0.3 is 9.05 Å². The lowest BCUT2D eigenvalue weighted by atomic mass is 10.3. The van der Waals surface area contributed by atoms with Gasteiger partial charge in [0.15, 0.2) is 0 Å². The van der Waals surface area contributed by atoms with Crippen molar-refractivity contribution >= 4 is 7.82 Å². The van der Waals surface area contributed by atoms with Crippen LogP contribution in [0.25, 0.3) is 0 Å². The van der Waals surface area contributed by atoms with Crippen LogP contribution in [0.15, 0.2) is 42.7 Å². The Bertz CT molecular complexity index is 429. The van der Waals surface area contributed by atoms with Gasteiger partial charge in [-0.15, -0.1) is 0 Å². The highest BCUT2D eigenvalue weighted by molar-refractivity contribution is 7.49. The Morgan fingerprint density at radius 2 is 2.12 bits per heavy atom. The molecule has 2 unspecified atom stereocenters. The Labute approximate surface area is 94.5 Å². The lowest BCUT2D eigenvalue weighted by Crippen LogP contribution is -2.17. The standard InChI is InChI=1S/C11H13O4P/c1-9-8-10(2)14-16(12,13-9)15-11-6-4-3-5-7-11/h3-7,10H,1,8H2,2H3. The van der Waals surface area contributed by atoms with Crippen LogP contribution in [-0.2, 0) is 13.6 Å². The second-order valence-corrected chi connectivity index (χ2v) is 5.07. The van der Waals surface area contributed by atoms with Crippen LogP contribution in [0.4, 0.5) is 0 Å². The number of hydrogen-bond acceptors (Lipinski definition) is 4. The largest absolute Gasteiger partial charge is 0.587 e. The second-order valence-electron chi connectivity index (χ2n) is 3.60. The fourth-order valence-electron chi connectivity index (χ4n) is 1.45. The predicted octanol–water partition coefficient (Wildman–Crippen LogP) is 3.51. The van der Waals surface area contributed by atoms with Gasteiger partial charge in [0.2, 0.25) is 0 Å². The molecule has 16 heavy (non-hydrogen) atoms. The summed E-state index contributed by atoms with van der Waals surface area (Å²) in [4.78, 5) is 0. The van der Waals surface area contributed by atoms with Crippen LogP contribution in [0.3, 0.4) is 0 Å². The molecule has 0 saturated carbocycles. The Hall–Kier alpha value is -1.25. The maximum atomic E-state index is 12.1. The van der Waals surface area contributed by atoms with Crippen molar-refractivity contribution < 1.29 is 18.1 Å². The molecule has 0 aliphatic carbocycles. The van der Waals surface area contributed by atoms with E-state index in [0.717, 1.165) is 0 Å². The molecule has 1 aliphatic heterocycles. The third kappa shape index (κ3) is 2.65. The van der Waals surface area contributed by atoms with Crippen LogP contribution in [0.1, 0.15) is 13.3 Å². The van der Waals surface area contributed by atoms with Gasteiger partial charge >= 0.3 is 7.82 Å². The zero-order valence-corrected chi connectivity index (χ0v) is 9.85. The molecule has 4 nitrogen and oxygen atoms in total. The van der Waals surface area contributed by atoms with Gasteiger partial charge in [-0.05, 0) is 19.1 Å². The van der Waals surface area contributed by atoms with Gasteiger partial charge in [-0.2, -0.15) is 0 Å². The van der Waals surface area contributed by atoms with Crippen molar-refractivity contribution in [1.29, 1.82) is 0 Å². The van der Waals surface area contributed by atoms with E-state index >= 15 is 0 Å². The molecule has 1 heterocycles. The van der Waals surface area contributed by atoms with Crippen molar-refractivity contribution in [2.75, 3.05) is 0 Å². The molecular weight excluding hydrogens is 227 g/mol. The minimum atomic E-state index is -3.55. The summed E-state index contributed by atoms with van der Waals surface area (Å²) >= 11 is 0. The summed E-state index contributed by atoms with van der Waals surface area (Å²) in [7, 11) is -3.55. The number of rotatable bonds is 2. The molecule has 2 atom stereocenters. The molecule has 0 radical (unpaired) electrons. The average Bonchev–Trinajstić information content (AvgIpc) is 2.15. The molecule has 0 amide bonds. The zero-order chi connectivity index (χ0) is 11.6. The molecule has 0 bridgehead atoms. The maximum absolute atomic E-state index is 12.1. The summed E-state index contributed by atoms with van der Waals surface area (Å²) in [6.45, 7) is 5.45.